The monoisotopic (exact) mass is 363 g/mol. The van der Waals surface area contributed by atoms with E-state index in [-0.39, 0.29) is 11.4 Å². The van der Waals surface area contributed by atoms with Crippen molar-refractivity contribution in [3.8, 4) is 0 Å². The van der Waals surface area contributed by atoms with Crippen LogP contribution in [0.3, 0.4) is 0 Å². The largest absolute Gasteiger partial charge is 0.330 e. The van der Waals surface area contributed by atoms with E-state index in [9.17, 15) is 4.79 Å². The van der Waals surface area contributed by atoms with Gasteiger partial charge in [-0.1, -0.05) is 48.5 Å². The van der Waals surface area contributed by atoms with Crippen LogP contribution in [-0.4, -0.2) is 49.6 Å². The number of fused-ring (bicyclic) bond motifs is 2. The lowest BCUT2D eigenvalue weighted by molar-refractivity contribution is 0.143. The number of amides is 2. The summed E-state index contributed by atoms with van der Waals surface area (Å²) in [5.74, 6) is 0. The Hall–Kier alpha value is -2.33. The molecule has 0 bridgehead atoms. The maximum atomic E-state index is 12.6. The second-order valence-corrected chi connectivity index (χ2v) is 8.14. The van der Waals surface area contributed by atoms with Crippen molar-refractivity contribution < 1.29 is 4.79 Å². The minimum atomic E-state index is 0.0822. The van der Waals surface area contributed by atoms with E-state index in [0.717, 1.165) is 38.3 Å². The summed E-state index contributed by atoms with van der Waals surface area (Å²) < 4.78 is 0. The van der Waals surface area contributed by atoms with Gasteiger partial charge in [-0.05, 0) is 49.5 Å². The van der Waals surface area contributed by atoms with Gasteiger partial charge < -0.3 is 4.90 Å². The van der Waals surface area contributed by atoms with Gasteiger partial charge in [0.2, 0.25) is 0 Å². The van der Waals surface area contributed by atoms with Crippen molar-refractivity contribution in [3.05, 3.63) is 65.7 Å². The molecule has 2 aromatic rings. The molecule has 1 fully saturated rings. The predicted octanol–water partition coefficient (Wildman–Crippen LogP) is 4.11. The number of piperidine rings is 1. The van der Waals surface area contributed by atoms with Gasteiger partial charge in [0.25, 0.3) is 0 Å². The van der Waals surface area contributed by atoms with Gasteiger partial charge in [0.05, 0.1) is 0 Å². The number of benzene rings is 2. The number of likely N-dealkylation sites (tertiary alicyclic amines) is 1. The molecule has 2 heterocycles. The van der Waals surface area contributed by atoms with Crippen molar-refractivity contribution in [2.45, 2.75) is 31.2 Å². The maximum absolute atomic E-state index is 12.6. The highest BCUT2D eigenvalue weighted by molar-refractivity contribution is 5.93. The van der Waals surface area contributed by atoms with Gasteiger partial charge in [0.15, 0.2) is 0 Å². The summed E-state index contributed by atoms with van der Waals surface area (Å²) in [6.07, 6.45) is 3.39. The molecule has 1 spiro atoms. The van der Waals surface area contributed by atoms with Crippen LogP contribution >= 0.6 is 0 Å². The van der Waals surface area contributed by atoms with E-state index < -0.39 is 0 Å². The highest BCUT2D eigenvalue weighted by Crippen LogP contribution is 2.46. The average Bonchev–Trinajstić information content (AvgIpc) is 2.70. The Morgan fingerprint density at radius 1 is 0.926 bits per heavy atom. The average molecular weight is 364 g/mol. The quantitative estimate of drug-likeness (QED) is 0.803. The molecule has 2 aliphatic heterocycles. The van der Waals surface area contributed by atoms with Crippen LogP contribution in [0.15, 0.2) is 54.6 Å². The van der Waals surface area contributed by atoms with E-state index in [4.69, 9.17) is 0 Å². The third-order valence-electron chi connectivity index (χ3n) is 6.26. The Morgan fingerprint density at radius 3 is 2.26 bits per heavy atom. The molecular formula is C23H29N3O. The fourth-order valence-corrected chi connectivity index (χ4v) is 4.68. The van der Waals surface area contributed by atoms with E-state index in [1.54, 1.807) is 4.90 Å². The third-order valence-corrected chi connectivity index (χ3v) is 6.26. The van der Waals surface area contributed by atoms with Gasteiger partial charge in [-0.2, -0.15) is 0 Å². The van der Waals surface area contributed by atoms with Gasteiger partial charge in [0.1, 0.15) is 0 Å². The van der Waals surface area contributed by atoms with Crippen molar-refractivity contribution in [3.63, 3.8) is 0 Å². The molecule has 4 rings (SSSR count). The van der Waals surface area contributed by atoms with Crippen molar-refractivity contribution in [1.82, 2.24) is 9.80 Å². The summed E-state index contributed by atoms with van der Waals surface area (Å²) in [6.45, 7) is 4.08. The molecule has 1 saturated heterocycles. The highest BCUT2D eigenvalue weighted by atomic mass is 16.2. The summed E-state index contributed by atoms with van der Waals surface area (Å²) in [7, 11) is 3.66. The van der Waals surface area contributed by atoms with Crippen LogP contribution in [0.5, 0.6) is 0 Å². The summed E-state index contributed by atoms with van der Waals surface area (Å²) >= 11 is 0. The zero-order valence-corrected chi connectivity index (χ0v) is 16.4. The minimum Gasteiger partial charge on any atom is -0.330 e. The number of carbonyl (C=O) groups excluding carboxylic acids is 1. The van der Waals surface area contributed by atoms with E-state index in [1.807, 2.05) is 19.0 Å². The fourth-order valence-electron chi connectivity index (χ4n) is 4.68. The third kappa shape index (κ3) is 3.46. The van der Waals surface area contributed by atoms with Crippen LogP contribution in [0.4, 0.5) is 10.5 Å². The van der Waals surface area contributed by atoms with Crippen LogP contribution in [0.2, 0.25) is 0 Å². The lowest BCUT2D eigenvalue weighted by atomic mass is 9.68. The van der Waals surface area contributed by atoms with Crippen LogP contribution in [-0.2, 0) is 12.0 Å². The number of anilines is 1. The zero-order valence-electron chi connectivity index (χ0n) is 16.4. The molecule has 0 aliphatic carbocycles. The molecule has 4 heteroatoms. The Bertz CT molecular complexity index is 794. The standard InChI is InChI=1S/C23H29N3O/c1-24(2)22(27)26-17-14-23(20-10-6-7-11-21(20)26)12-15-25(16-13-23)18-19-8-4-3-5-9-19/h3-11H,12-18H2,1-2H3. The summed E-state index contributed by atoms with van der Waals surface area (Å²) in [5, 5.41) is 0. The molecule has 142 valence electrons. The summed E-state index contributed by atoms with van der Waals surface area (Å²) in [4.78, 5) is 18.8. The smallest absolute Gasteiger partial charge is 0.323 e. The van der Waals surface area contributed by atoms with Gasteiger partial charge in [-0.15, -0.1) is 0 Å². The number of urea groups is 1. The lowest BCUT2D eigenvalue weighted by Crippen LogP contribution is -2.50. The second kappa shape index (κ2) is 7.35. The number of para-hydroxylation sites is 1. The number of carbonyl (C=O) groups is 1. The molecule has 27 heavy (non-hydrogen) atoms. The zero-order chi connectivity index (χ0) is 18.9. The van der Waals surface area contributed by atoms with E-state index in [0.29, 0.717) is 0 Å². The predicted molar refractivity (Wildman–Crippen MR) is 110 cm³/mol. The summed E-state index contributed by atoms with van der Waals surface area (Å²) in [5.41, 5.74) is 4.08. The molecule has 0 saturated carbocycles. The second-order valence-electron chi connectivity index (χ2n) is 8.14. The van der Waals surface area contributed by atoms with Crippen molar-refractivity contribution in [2.24, 2.45) is 0 Å². The number of nitrogens with zero attached hydrogens (tertiary/aromatic N) is 3. The van der Waals surface area contributed by atoms with Crippen molar-refractivity contribution in [2.75, 3.05) is 38.6 Å². The highest BCUT2D eigenvalue weighted by Gasteiger charge is 2.42. The molecule has 0 unspecified atom stereocenters. The van der Waals surface area contributed by atoms with E-state index in [1.165, 1.54) is 24.0 Å². The van der Waals surface area contributed by atoms with E-state index in [2.05, 4.69) is 59.5 Å². The molecule has 2 amide bonds. The van der Waals surface area contributed by atoms with Gasteiger partial charge in [-0.25, -0.2) is 4.79 Å². The fraction of sp³-hybridized carbons (Fsp3) is 0.435. The Balaban J connectivity index is 1.52. The molecule has 0 radical (unpaired) electrons. The first-order chi connectivity index (χ1) is 13.1. The van der Waals surface area contributed by atoms with Crippen molar-refractivity contribution >= 4 is 11.7 Å². The first kappa shape index (κ1) is 18.1. The molecule has 4 nitrogen and oxygen atoms in total. The Kier molecular flexibility index (Phi) is 4.92. The normalized spacial score (nSPS) is 19.0. The number of hydrogen-bond acceptors (Lipinski definition) is 2. The lowest BCUT2D eigenvalue weighted by Gasteiger charge is -2.48. The van der Waals surface area contributed by atoms with Gasteiger partial charge in [-0.3, -0.25) is 9.80 Å². The van der Waals surface area contributed by atoms with Crippen molar-refractivity contribution in [1.29, 1.82) is 0 Å². The van der Waals surface area contributed by atoms with Crippen LogP contribution < -0.4 is 4.90 Å². The number of rotatable bonds is 2. The summed E-state index contributed by atoms with van der Waals surface area (Å²) in [6, 6.07) is 19.4. The molecule has 0 aromatic heterocycles. The maximum Gasteiger partial charge on any atom is 0.323 e. The Morgan fingerprint density at radius 2 is 1.56 bits per heavy atom. The molecule has 0 atom stereocenters. The van der Waals surface area contributed by atoms with Gasteiger partial charge >= 0.3 is 6.03 Å². The molecule has 0 N–H and O–H groups in total. The molecule has 2 aliphatic rings. The molecule has 2 aromatic carbocycles. The molecular weight excluding hydrogens is 334 g/mol. The number of hydrogen-bond donors (Lipinski definition) is 0. The van der Waals surface area contributed by atoms with E-state index >= 15 is 0 Å². The van der Waals surface area contributed by atoms with Crippen LogP contribution in [0, 0.1) is 0 Å². The van der Waals surface area contributed by atoms with Gasteiger partial charge in [0, 0.05) is 38.3 Å². The SMILES string of the molecule is CN(C)C(=O)N1CCC2(CCN(Cc3ccccc3)CC2)c2ccccc21. The van der Waals surface area contributed by atoms with Crippen LogP contribution in [0.1, 0.15) is 30.4 Å². The Labute approximate surface area is 162 Å². The first-order valence-electron chi connectivity index (χ1n) is 9.94. The topological polar surface area (TPSA) is 26.8 Å². The first-order valence-corrected chi connectivity index (χ1v) is 9.94. The minimum absolute atomic E-state index is 0.0822. The van der Waals surface area contributed by atoms with Crippen LogP contribution in [0.25, 0.3) is 0 Å².